The molecular formula is C16H16Br2N2O3. The quantitative estimate of drug-likeness (QED) is 0.652. The molecule has 1 atom stereocenters. The summed E-state index contributed by atoms with van der Waals surface area (Å²) < 4.78 is 12.3. The molecule has 0 radical (unpaired) electrons. The third-order valence-corrected chi connectivity index (χ3v) is 3.87. The molecule has 5 nitrogen and oxygen atoms in total. The highest BCUT2D eigenvalue weighted by molar-refractivity contribution is 9.11. The van der Waals surface area contributed by atoms with Crippen molar-refractivity contribution in [3.63, 3.8) is 0 Å². The summed E-state index contributed by atoms with van der Waals surface area (Å²) in [4.78, 5) is 15.8. The average Bonchev–Trinajstić information content (AvgIpc) is 2.52. The van der Waals surface area contributed by atoms with Crippen LogP contribution in [0.3, 0.4) is 0 Å². The molecule has 1 heterocycles. The molecule has 1 unspecified atom stereocenters. The Kier molecular flexibility index (Phi) is 6.41. The maximum Gasteiger partial charge on any atom is 0.328 e. The van der Waals surface area contributed by atoms with E-state index in [9.17, 15) is 4.79 Å². The molecule has 23 heavy (non-hydrogen) atoms. The van der Waals surface area contributed by atoms with Crippen LogP contribution in [0.4, 0.5) is 5.69 Å². The molecule has 7 heteroatoms. The Hall–Kier alpha value is -1.60. The normalized spacial score (nSPS) is 11.7. The number of ether oxygens (including phenoxy) is 2. The van der Waals surface area contributed by atoms with E-state index in [-0.39, 0.29) is 5.97 Å². The van der Waals surface area contributed by atoms with Crippen molar-refractivity contribution in [1.29, 1.82) is 0 Å². The lowest BCUT2D eigenvalue weighted by molar-refractivity contribution is -0.143. The Balaban J connectivity index is 2.00. The van der Waals surface area contributed by atoms with Crippen LogP contribution in [0.1, 0.15) is 13.8 Å². The third kappa shape index (κ3) is 5.21. The zero-order valence-electron chi connectivity index (χ0n) is 12.7. The fourth-order valence-corrected chi connectivity index (χ4v) is 2.85. The van der Waals surface area contributed by atoms with E-state index in [1.807, 2.05) is 18.2 Å². The van der Waals surface area contributed by atoms with Crippen LogP contribution in [-0.4, -0.2) is 23.6 Å². The molecule has 0 aliphatic carbocycles. The van der Waals surface area contributed by atoms with E-state index >= 15 is 0 Å². The summed E-state index contributed by atoms with van der Waals surface area (Å²) in [6.07, 6.45) is 1.66. The van der Waals surface area contributed by atoms with Crippen molar-refractivity contribution in [3.8, 4) is 11.6 Å². The number of esters is 1. The van der Waals surface area contributed by atoms with Crippen LogP contribution in [0, 0.1) is 0 Å². The van der Waals surface area contributed by atoms with E-state index in [0.29, 0.717) is 18.2 Å². The van der Waals surface area contributed by atoms with Gasteiger partial charge in [-0.1, -0.05) is 0 Å². The predicted octanol–water partition coefficient (Wildman–Crippen LogP) is 4.76. The zero-order valence-corrected chi connectivity index (χ0v) is 15.8. The van der Waals surface area contributed by atoms with Crippen molar-refractivity contribution < 1.29 is 14.3 Å². The number of hydrogen-bond acceptors (Lipinski definition) is 5. The van der Waals surface area contributed by atoms with Crippen LogP contribution in [0.15, 0.2) is 45.5 Å². The standard InChI is InChI=1S/C16H16Br2N2O3/c1-3-22-16(21)10(2)20-12-4-6-13(7-5-12)23-15-14(18)8-11(17)9-19-15/h4-10,20H,3H2,1-2H3. The maximum atomic E-state index is 11.6. The van der Waals surface area contributed by atoms with Crippen molar-refractivity contribution in [2.24, 2.45) is 0 Å². The third-order valence-electron chi connectivity index (χ3n) is 2.87. The first kappa shape index (κ1) is 17.7. The molecule has 1 aromatic heterocycles. The van der Waals surface area contributed by atoms with Gasteiger partial charge in [0.15, 0.2) is 0 Å². The molecule has 1 aromatic carbocycles. The number of carbonyl (C=O) groups is 1. The monoisotopic (exact) mass is 442 g/mol. The van der Waals surface area contributed by atoms with Gasteiger partial charge in [-0.05, 0) is 76.0 Å². The Bertz CT molecular complexity index is 678. The zero-order chi connectivity index (χ0) is 16.8. The predicted molar refractivity (Wildman–Crippen MR) is 95.9 cm³/mol. The van der Waals surface area contributed by atoms with E-state index < -0.39 is 6.04 Å². The van der Waals surface area contributed by atoms with Gasteiger partial charge in [-0.3, -0.25) is 0 Å². The number of nitrogens with one attached hydrogen (secondary N) is 1. The summed E-state index contributed by atoms with van der Waals surface area (Å²) in [7, 11) is 0. The number of rotatable bonds is 6. The molecule has 0 bridgehead atoms. The van der Waals surface area contributed by atoms with Gasteiger partial charge in [0.2, 0.25) is 5.88 Å². The van der Waals surface area contributed by atoms with Gasteiger partial charge in [-0.25, -0.2) is 9.78 Å². The smallest absolute Gasteiger partial charge is 0.328 e. The topological polar surface area (TPSA) is 60.5 Å². The van der Waals surface area contributed by atoms with Crippen LogP contribution in [-0.2, 0) is 9.53 Å². The van der Waals surface area contributed by atoms with Crippen LogP contribution in [0.5, 0.6) is 11.6 Å². The van der Waals surface area contributed by atoms with Crippen LogP contribution >= 0.6 is 31.9 Å². The summed E-state index contributed by atoms with van der Waals surface area (Å²) in [6.45, 7) is 3.91. The Labute approximate surface area is 151 Å². The van der Waals surface area contributed by atoms with Crippen molar-refractivity contribution in [2.45, 2.75) is 19.9 Å². The lowest BCUT2D eigenvalue weighted by atomic mass is 10.2. The SMILES string of the molecule is CCOC(=O)C(C)Nc1ccc(Oc2ncc(Br)cc2Br)cc1. The number of aromatic nitrogens is 1. The molecule has 0 aliphatic rings. The van der Waals surface area contributed by atoms with Crippen molar-refractivity contribution in [2.75, 3.05) is 11.9 Å². The van der Waals surface area contributed by atoms with Crippen LogP contribution < -0.4 is 10.1 Å². The molecule has 2 aromatic rings. The molecule has 2 rings (SSSR count). The van der Waals surface area contributed by atoms with Crippen molar-refractivity contribution >= 4 is 43.5 Å². The molecule has 0 fully saturated rings. The summed E-state index contributed by atoms with van der Waals surface area (Å²) in [6, 6.07) is 8.71. The average molecular weight is 444 g/mol. The molecule has 0 aliphatic heterocycles. The van der Waals surface area contributed by atoms with E-state index in [1.165, 1.54) is 0 Å². The van der Waals surface area contributed by atoms with Crippen LogP contribution in [0.25, 0.3) is 0 Å². The number of nitrogens with zero attached hydrogens (tertiary/aromatic N) is 1. The maximum absolute atomic E-state index is 11.6. The first-order valence-corrected chi connectivity index (χ1v) is 8.60. The summed E-state index contributed by atoms with van der Waals surface area (Å²) in [5.74, 6) is 0.847. The molecular weight excluding hydrogens is 428 g/mol. The number of hydrogen-bond donors (Lipinski definition) is 1. The van der Waals surface area contributed by atoms with E-state index in [0.717, 1.165) is 14.6 Å². The van der Waals surface area contributed by atoms with E-state index in [2.05, 4.69) is 42.2 Å². The van der Waals surface area contributed by atoms with E-state index in [1.54, 1.807) is 32.2 Å². The number of halogens is 2. The number of pyridine rings is 1. The second-order valence-electron chi connectivity index (χ2n) is 4.69. The van der Waals surface area contributed by atoms with Gasteiger partial charge in [0.25, 0.3) is 0 Å². The van der Waals surface area contributed by atoms with Gasteiger partial charge >= 0.3 is 5.97 Å². The van der Waals surface area contributed by atoms with Gasteiger partial charge in [-0.2, -0.15) is 0 Å². The molecule has 1 N–H and O–H groups in total. The summed E-state index contributed by atoms with van der Waals surface area (Å²) in [5, 5.41) is 3.08. The minimum absolute atomic E-state index is 0.282. The van der Waals surface area contributed by atoms with Gasteiger partial charge in [0.1, 0.15) is 11.8 Å². The molecule has 0 spiro atoms. The summed E-state index contributed by atoms with van der Waals surface area (Å²) >= 11 is 6.74. The summed E-state index contributed by atoms with van der Waals surface area (Å²) in [5.41, 5.74) is 0.806. The minimum Gasteiger partial charge on any atom is -0.464 e. The van der Waals surface area contributed by atoms with Crippen LogP contribution in [0.2, 0.25) is 0 Å². The molecule has 122 valence electrons. The Morgan fingerprint density at radius 2 is 2.00 bits per heavy atom. The van der Waals surface area contributed by atoms with Gasteiger partial charge in [0, 0.05) is 16.4 Å². The molecule has 0 amide bonds. The number of anilines is 1. The van der Waals surface area contributed by atoms with Crippen molar-refractivity contribution in [3.05, 3.63) is 45.5 Å². The minimum atomic E-state index is -0.413. The lowest BCUT2D eigenvalue weighted by Gasteiger charge is -2.14. The molecule has 0 saturated heterocycles. The first-order chi connectivity index (χ1) is 11.0. The second kappa shape index (κ2) is 8.31. The van der Waals surface area contributed by atoms with Gasteiger partial charge in [-0.15, -0.1) is 0 Å². The number of benzene rings is 1. The van der Waals surface area contributed by atoms with Gasteiger partial charge in [0.05, 0.1) is 11.1 Å². The molecule has 0 saturated carbocycles. The van der Waals surface area contributed by atoms with Crippen molar-refractivity contribution in [1.82, 2.24) is 4.98 Å². The Morgan fingerprint density at radius 1 is 1.30 bits per heavy atom. The highest BCUT2D eigenvalue weighted by Crippen LogP contribution is 2.30. The number of carbonyl (C=O) groups excluding carboxylic acids is 1. The fraction of sp³-hybridized carbons (Fsp3) is 0.250. The first-order valence-electron chi connectivity index (χ1n) is 7.01. The lowest BCUT2D eigenvalue weighted by Crippen LogP contribution is -2.28. The largest absolute Gasteiger partial charge is 0.464 e. The van der Waals surface area contributed by atoms with Gasteiger partial charge < -0.3 is 14.8 Å². The highest BCUT2D eigenvalue weighted by atomic mass is 79.9. The second-order valence-corrected chi connectivity index (χ2v) is 6.46. The fourth-order valence-electron chi connectivity index (χ4n) is 1.78. The highest BCUT2D eigenvalue weighted by Gasteiger charge is 2.13. The Morgan fingerprint density at radius 3 is 2.61 bits per heavy atom. The van der Waals surface area contributed by atoms with E-state index in [4.69, 9.17) is 9.47 Å².